The van der Waals surface area contributed by atoms with E-state index in [9.17, 15) is 4.79 Å². The van der Waals surface area contributed by atoms with E-state index in [0.717, 1.165) is 63.6 Å². The van der Waals surface area contributed by atoms with Gasteiger partial charge in [-0.2, -0.15) is 0 Å². The van der Waals surface area contributed by atoms with E-state index in [4.69, 9.17) is 9.73 Å². The first-order valence-corrected chi connectivity index (χ1v) is 16.2. The van der Waals surface area contributed by atoms with Crippen LogP contribution in [-0.4, -0.2) is 42.7 Å². The minimum Gasteiger partial charge on any atom is -0.378 e. The van der Waals surface area contributed by atoms with Gasteiger partial charge < -0.3 is 9.64 Å². The molecule has 41 heavy (non-hydrogen) atoms. The Balaban J connectivity index is 0.000000372. The Morgan fingerprint density at radius 1 is 1.02 bits per heavy atom. The first-order valence-electron chi connectivity index (χ1n) is 16.2. The molecule has 0 radical (unpaired) electrons. The van der Waals surface area contributed by atoms with Crippen molar-refractivity contribution in [3.63, 3.8) is 0 Å². The Labute approximate surface area is 253 Å². The molecule has 1 atom stereocenters. The Morgan fingerprint density at radius 2 is 1.66 bits per heavy atom. The Bertz CT molecular complexity index is 964. The maximum Gasteiger partial charge on any atom is 0.133 e. The molecule has 2 aliphatic rings. The second-order valence-electron chi connectivity index (χ2n) is 11.7. The van der Waals surface area contributed by atoms with Gasteiger partial charge in [0.15, 0.2) is 0 Å². The van der Waals surface area contributed by atoms with Crippen LogP contribution in [-0.2, 0) is 9.53 Å². The summed E-state index contributed by atoms with van der Waals surface area (Å²) in [4.78, 5) is 18.6. The van der Waals surface area contributed by atoms with Crippen molar-refractivity contribution in [2.75, 3.05) is 26.3 Å². The number of rotatable bonds is 12. The lowest BCUT2D eigenvalue weighted by molar-refractivity contribution is -0.119. The quantitative estimate of drug-likeness (QED) is 0.187. The van der Waals surface area contributed by atoms with Gasteiger partial charge in [0.2, 0.25) is 0 Å². The first kappa shape index (κ1) is 36.6. The zero-order valence-corrected chi connectivity index (χ0v) is 27.7. The zero-order valence-electron chi connectivity index (χ0n) is 27.7. The van der Waals surface area contributed by atoms with Gasteiger partial charge in [0, 0.05) is 37.3 Å². The molecule has 1 heterocycles. The van der Waals surface area contributed by atoms with E-state index in [2.05, 4.69) is 83.7 Å². The summed E-state index contributed by atoms with van der Waals surface area (Å²) < 4.78 is 5.41. The molecule has 3 rings (SSSR count). The molecule has 1 saturated heterocycles. The van der Waals surface area contributed by atoms with E-state index >= 15 is 0 Å². The molecule has 2 fully saturated rings. The van der Waals surface area contributed by atoms with Crippen LogP contribution >= 0.6 is 0 Å². The number of ether oxygens (including phenoxy) is 1. The predicted molar refractivity (Wildman–Crippen MR) is 179 cm³/mol. The highest BCUT2D eigenvalue weighted by atomic mass is 16.5. The first-order chi connectivity index (χ1) is 19.7. The second-order valence-corrected chi connectivity index (χ2v) is 11.7. The molecule has 4 nitrogen and oxygen atoms in total. The summed E-state index contributed by atoms with van der Waals surface area (Å²) in [6.07, 6.45) is 16.7. The molecule has 0 aromatic heterocycles. The van der Waals surface area contributed by atoms with Crippen molar-refractivity contribution >= 4 is 11.5 Å². The van der Waals surface area contributed by atoms with Gasteiger partial charge in [-0.3, -0.25) is 9.79 Å². The van der Waals surface area contributed by atoms with Gasteiger partial charge in [0.1, 0.15) is 5.78 Å². The molecule has 230 valence electrons. The molecule has 4 heteroatoms. The van der Waals surface area contributed by atoms with Crippen molar-refractivity contribution in [1.29, 1.82) is 0 Å². The molecule has 1 aliphatic heterocycles. The number of hydrogen-bond donors (Lipinski definition) is 0. The lowest BCUT2D eigenvalue weighted by atomic mass is 9.88. The summed E-state index contributed by atoms with van der Waals surface area (Å²) >= 11 is 0. The fourth-order valence-electron chi connectivity index (χ4n) is 4.46. The van der Waals surface area contributed by atoms with Crippen LogP contribution in [0.2, 0.25) is 0 Å². The molecular weight excluding hydrogens is 504 g/mol. The number of carbonyl (C=O) groups is 1. The summed E-state index contributed by atoms with van der Waals surface area (Å²) in [5, 5.41) is 0. The summed E-state index contributed by atoms with van der Waals surface area (Å²) in [5.41, 5.74) is 6.07. The van der Waals surface area contributed by atoms with E-state index < -0.39 is 0 Å². The van der Waals surface area contributed by atoms with Gasteiger partial charge in [0.25, 0.3) is 0 Å². The van der Waals surface area contributed by atoms with Crippen LogP contribution < -0.4 is 0 Å². The number of morpholine rings is 1. The van der Waals surface area contributed by atoms with Crippen LogP contribution in [0.1, 0.15) is 125 Å². The van der Waals surface area contributed by atoms with Gasteiger partial charge in [-0.25, -0.2) is 0 Å². The maximum absolute atomic E-state index is 11.4. The van der Waals surface area contributed by atoms with E-state index in [-0.39, 0.29) is 0 Å². The van der Waals surface area contributed by atoms with E-state index in [1.807, 2.05) is 25.1 Å². The van der Waals surface area contributed by atoms with Crippen LogP contribution in [0, 0.1) is 5.92 Å². The predicted octanol–water partition coefficient (Wildman–Crippen LogP) is 10.1. The number of ketones is 1. The third-order valence-electron chi connectivity index (χ3n) is 7.78. The Morgan fingerprint density at radius 3 is 2.17 bits per heavy atom. The minimum atomic E-state index is 0.357. The van der Waals surface area contributed by atoms with Gasteiger partial charge in [-0.05, 0) is 75.2 Å². The number of Topliss-reactive ketones (excluding diaryl/α,β-unsaturated/α-hetero) is 1. The normalized spacial score (nSPS) is 17.5. The summed E-state index contributed by atoms with van der Waals surface area (Å²) in [6.45, 7) is 20.9. The van der Waals surface area contributed by atoms with E-state index in [1.165, 1.54) is 48.2 Å². The number of unbranched alkanes of at least 4 members (excludes halogenated alkanes) is 1. The highest BCUT2D eigenvalue weighted by Gasteiger charge is 2.11. The molecule has 0 amide bonds. The molecule has 1 saturated carbocycles. The number of carbonyl (C=O) groups excluding carboxylic acids is 1. The van der Waals surface area contributed by atoms with Crippen molar-refractivity contribution in [1.82, 2.24) is 4.90 Å². The lowest BCUT2D eigenvalue weighted by Gasteiger charge is -2.29. The zero-order chi connectivity index (χ0) is 30.5. The summed E-state index contributed by atoms with van der Waals surface area (Å²) in [7, 11) is 0. The average molecular weight is 565 g/mol. The van der Waals surface area contributed by atoms with Gasteiger partial charge >= 0.3 is 0 Å². The third kappa shape index (κ3) is 16.5. The van der Waals surface area contributed by atoms with Crippen molar-refractivity contribution in [3.8, 4) is 0 Å². The van der Waals surface area contributed by atoms with Crippen LogP contribution in [0.3, 0.4) is 0 Å². The number of hydrogen-bond acceptors (Lipinski definition) is 4. The van der Waals surface area contributed by atoms with E-state index in [1.54, 1.807) is 0 Å². The van der Waals surface area contributed by atoms with Crippen molar-refractivity contribution in [3.05, 3.63) is 71.1 Å². The van der Waals surface area contributed by atoms with Crippen molar-refractivity contribution in [2.45, 2.75) is 119 Å². The summed E-state index contributed by atoms with van der Waals surface area (Å²) in [5.74, 6) is 1.80. The Kier molecular flexibility index (Phi) is 19.8. The largest absolute Gasteiger partial charge is 0.378 e. The molecule has 1 aromatic rings. The van der Waals surface area contributed by atoms with Gasteiger partial charge in [0.05, 0.1) is 18.9 Å². The molecular formula is C37H60N2O2. The molecule has 0 spiro atoms. The van der Waals surface area contributed by atoms with Crippen molar-refractivity contribution in [2.24, 2.45) is 10.9 Å². The number of aliphatic imine (C=N–C) groups is 1. The monoisotopic (exact) mass is 564 g/mol. The standard InChI is InChI=1S/C19H32N2O.C13H18O.C5H10/c1-6-8-9-16(3)19(20-17(4)7-2)11-10-18(5)21-12-14-22-15-13-21;1-3-7-13(14)10-11(2)12-8-5-4-6-9-12;1-5-3-2-4-5/h9-11H,6-8,12-15H2,1-5H3;4-6,8-9,11H,3,7,10H2,1-2H3;5H,2-4H2,1H3/b16-9+,18-10+,19-11+,20-17?;;. The molecule has 1 aromatic carbocycles. The fourth-order valence-corrected chi connectivity index (χ4v) is 4.46. The molecule has 1 unspecified atom stereocenters. The van der Waals surface area contributed by atoms with Crippen LogP contribution in [0.4, 0.5) is 0 Å². The molecule has 0 N–H and O–H groups in total. The molecule has 1 aliphatic carbocycles. The smallest absolute Gasteiger partial charge is 0.133 e. The van der Waals surface area contributed by atoms with Crippen LogP contribution in [0.15, 0.2) is 70.5 Å². The second kappa shape index (κ2) is 22.2. The Hall–Kier alpha value is -2.46. The topological polar surface area (TPSA) is 41.9 Å². The SMILES string of the molecule is CC1CCC1.CCC/C=C(C)/C(=C\C=C(/C)N1CCOCC1)N=C(C)CC.CCCC(=O)CC(C)c1ccccc1. The fraction of sp³-hybridized carbons (Fsp3) is 0.622. The van der Waals surface area contributed by atoms with Crippen LogP contribution in [0.25, 0.3) is 0 Å². The third-order valence-corrected chi connectivity index (χ3v) is 7.78. The van der Waals surface area contributed by atoms with Crippen LogP contribution in [0.5, 0.6) is 0 Å². The van der Waals surface area contributed by atoms with Crippen molar-refractivity contribution < 1.29 is 9.53 Å². The summed E-state index contributed by atoms with van der Waals surface area (Å²) in [6, 6.07) is 10.2. The number of nitrogens with zero attached hydrogens (tertiary/aromatic N) is 2. The van der Waals surface area contributed by atoms with E-state index in [0.29, 0.717) is 18.1 Å². The maximum atomic E-state index is 11.4. The number of allylic oxidation sites excluding steroid dienone is 5. The number of benzene rings is 1. The molecule has 0 bridgehead atoms. The van der Waals surface area contributed by atoms with Gasteiger partial charge in [-0.15, -0.1) is 0 Å². The average Bonchev–Trinajstić information content (AvgIpc) is 2.98. The van der Waals surface area contributed by atoms with Gasteiger partial charge in [-0.1, -0.05) is 96.7 Å². The highest BCUT2D eigenvalue weighted by Crippen LogP contribution is 2.24. The minimum absolute atomic E-state index is 0.357. The lowest BCUT2D eigenvalue weighted by Crippen LogP contribution is -2.34. The highest BCUT2D eigenvalue weighted by molar-refractivity contribution is 5.83.